The number of aromatic nitrogens is 1. The first kappa shape index (κ1) is 21.5. The monoisotopic (exact) mass is 406 g/mol. The molecule has 2 N–H and O–H groups in total. The number of fused-ring (bicyclic) bond motifs is 1. The van der Waals surface area contributed by atoms with E-state index in [1.807, 2.05) is 68.5 Å². The van der Waals surface area contributed by atoms with Gasteiger partial charge in [-0.3, -0.25) is 0 Å². The number of anilines is 1. The van der Waals surface area contributed by atoms with Crippen molar-refractivity contribution in [3.05, 3.63) is 60.2 Å². The number of hydrogen-bond acceptors (Lipinski definition) is 5. The number of nitrogen functional groups attached to an aromatic ring is 1. The zero-order chi connectivity index (χ0) is 21.3. The Labute approximate surface area is 178 Å². The summed E-state index contributed by atoms with van der Waals surface area (Å²) in [6.45, 7) is 7.22. The highest BCUT2D eigenvalue weighted by molar-refractivity contribution is 5.85. The van der Waals surface area contributed by atoms with Crippen LogP contribution in [0.4, 0.5) is 5.82 Å². The predicted molar refractivity (Wildman–Crippen MR) is 123 cm³/mol. The molecule has 158 valence electrons. The van der Waals surface area contributed by atoms with Crippen LogP contribution in [0.2, 0.25) is 0 Å². The van der Waals surface area contributed by atoms with Crippen molar-refractivity contribution in [3.8, 4) is 17.2 Å². The molecule has 0 saturated heterocycles. The standard InChI is InChI=1S/C25H30N2O3/c1-4-8-19-12-14-21(28-5-2)23(17-19)29-16-7-9-18(3)30-22-11-6-10-20-13-15-24(26)27-25(20)22/h4,6,8,10-15,17-18H,5,7,9,16H2,1-3H3,(H2,26,27). The molecule has 0 spiro atoms. The second-order valence-electron chi connectivity index (χ2n) is 7.12. The molecule has 2 aromatic carbocycles. The normalized spacial score (nSPS) is 12.2. The van der Waals surface area contributed by atoms with Gasteiger partial charge in [-0.2, -0.15) is 0 Å². The highest BCUT2D eigenvalue weighted by atomic mass is 16.5. The molecule has 5 heteroatoms. The molecule has 0 radical (unpaired) electrons. The summed E-state index contributed by atoms with van der Waals surface area (Å²) in [6.07, 6.45) is 5.80. The van der Waals surface area contributed by atoms with Crippen molar-refractivity contribution in [1.29, 1.82) is 0 Å². The van der Waals surface area contributed by atoms with Crippen LogP contribution in [0.15, 0.2) is 54.6 Å². The molecule has 0 aliphatic heterocycles. The number of allylic oxidation sites excluding steroid dienone is 1. The van der Waals surface area contributed by atoms with E-state index in [4.69, 9.17) is 19.9 Å². The summed E-state index contributed by atoms with van der Waals surface area (Å²) < 4.78 is 17.8. The fourth-order valence-corrected chi connectivity index (χ4v) is 3.27. The predicted octanol–water partition coefficient (Wildman–Crippen LogP) is 5.88. The van der Waals surface area contributed by atoms with Crippen molar-refractivity contribution in [2.24, 2.45) is 0 Å². The summed E-state index contributed by atoms with van der Waals surface area (Å²) in [5, 5.41) is 1.02. The number of ether oxygens (including phenoxy) is 3. The second-order valence-corrected chi connectivity index (χ2v) is 7.12. The van der Waals surface area contributed by atoms with Gasteiger partial charge < -0.3 is 19.9 Å². The Morgan fingerprint density at radius 1 is 1.03 bits per heavy atom. The van der Waals surface area contributed by atoms with Crippen LogP contribution in [0.25, 0.3) is 17.0 Å². The van der Waals surface area contributed by atoms with Crippen molar-refractivity contribution in [1.82, 2.24) is 4.98 Å². The number of nitrogens with two attached hydrogens (primary N) is 1. The van der Waals surface area contributed by atoms with Gasteiger partial charge >= 0.3 is 0 Å². The van der Waals surface area contributed by atoms with E-state index in [-0.39, 0.29) is 6.10 Å². The molecule has 3 rings (SSSR count). The lowest BCUT2D eigenvalue weighted by atomic mass is 10.2. The average molecular weight is 407 g/mol. The van der Waals surface area contributed by atoms with Gasteiger partial charge in [-0.1, -0.05) is 30.4 Å². The molecule has 0 aliphatic carbocycles. The first-order valence-corrected chi connectivity index (χ1v) is 10.4. The molecule has 30 heavy (non-hydrogen) atoms. The van der Waals surface area contributed by atoms with E-state index in [9.17, 15) is 0 Å². The van der Waals surface area contributed by atoms with Crippen molar-refractivity contribution < 1.29 is 14.2 Å². The Morgan fingerprint density at radius 2 is 1.90 bits per heavy atom. The van der Waals surface area contributed by atoms with E-state index in [1.165, 1.54) is 0 Å². The smallest absolute Gasteiger partial charge is 0.161 e. The van der Waals surface area contributed by atoms with Gasteiger partial charge in [-0.25, -0.2) is 4.98 Å². The lowest BCUT2D eigenvalue weighted by Crippen LogP contribution is -2.14. The van der Waals surface area contributed by atoms with Gasteiger partial charge in [0, 0.05) is 5.39 Å². The number of benzene rings is 2. The van der Waals surface area contributed by atoms with Gasteiger partial charge in [-0.15, -0.1) is 0 Å². The van der Waals surface area contributed by atoms with Crippen LogP contribution >= 0.6 is 0 Å². The highest BCUT2D eigenvalue weighted by Gasteiger charge is 2.10. The fraction of sp³-hybridized carbons (Fsp3) is 0.320. The van der Waals surface area contributed by atoms with Crippen LogP contribution in [0, 0.1) is 0 Å². The molecule has 0 bridgehead atoms. The van der Waals surface area contributed by atoms with Crippen molar-refractivity contribution in [2.75, 3.05) is 18.9 Å². The van der Waals surface area contributed by atoms with Crippen molar-refractivity contribution in [2.45, 2.75) is 39.7 Å². The molecule has 1 atom stereocenters. The zero-order valence-corrected chi connectivity index (χ0v) is 17.9. The van der Waals surface area contributed by atoms with Crippen LogP contribution in [0.1, 0.15) is 39.2 Å². The van der Waals surface area contributed by atoms with E-state index in [1.54, 1.807) is 6.07 Å². The minimum absolute atomic E-state index is 0.0307. The highest BCUT2D eigenvalue weighted by Crippen LogP contribution is 2.30. The third-order valence-electron chi connectivity index (χ3n) is 4.67. The van der Waals surface area contributed by atoms with Crippen molar-refractivity contribution in [3.63, 3.8) is 0 Å². The van der Waals surface area contributed by atoms with E-state index in [2.05, 4.69) is 11.9 Å². The Hall–Kier alpha value is -3.21. The summed E-state index contributed by atoms with van der Waals surface area (Å²) >= 11 is 0. The van der Waals surface area contributed by atoms with Gasteiger partial charge in [0.1, 0.15) is 17.1 Å². The molecule has 0 aliphatic rings. The van der Waals surface area contributed by atoms with E-state index in [0.29, 0.717) is 19.0 Å². The van der Waals surface area contributed by atoms with Crippen LogP contribution in [-0.2, 0) is 0 Å². The maximum atomic E-state index is 6.14. The van der Waals surface area contributed by atoms with Crippen LogP contribution < -0.4 is 19.9 Å². The largest absolute Gasteiger partial charge is 0.490 e. The molecule has 1 heterocycles. The third-order valence-corrected chi connectivity index (χ3v) is 4.67. The third kappa shape index (κ3) is 5.66. The molecular weight excluding hydrogens is 376 g/mol. The molecule has 1 unspecified atom stereocenters. The van der Waals surface area contributed by atoms with Gasteiger partial charge in [-0.05, 0) is 69.5 Å². The lowest BCUT2D eigenvalue weighted by Gasteiger charge is -2.17. The molecule has 3 aromatic rings. The first-order chi connectivity index (χ1) is 14.6. The minimum Gasteiger partial charge on any atom is -0.490 e. The van der Waals surface area contributed by atoms with E-state index >= 15 is 0 Å². The number of hydrogen-bond donors (Lipinski definition) is 1. The van der Waals surface area contributed by atoms with E-state index in [0.717, 1.165) is 46.6 Å². The first-order valence-electron chi connectivity index (χ1n) is 10.4. The van der Waals surface area contributed by atoms with Gasteiger partial charge in [0.25, 0.3) is 0 Å². The Kier molecular flexibility index (Phi) is 7.55. The van der Waals surface area contributed by atoms with Crippen LogP contribution in [0.3, 0.4) is 0 Å². The van der Waals surface area contributed by atoms with Crippen molar-refractivity contribution >= 4 is 22.8 Å². The minimum atomic E-state index is 0.0307. The number of nitrogens with zero attached hydrogens (tertiary/aromatic N) is 1. The molecular formula is C25H30N2O3. The topological polar surface area (TPSA) is 66.6 Å². The van der Waals surface area contributed by atoms with Gasteiger partial charge in [0.15, 0.2) is 11.5 Å². The number of rotatable bonds is 10. The molecule has 0 amide bonds. The maximum Gasteiger partial charge on any atom is 0.161 e. The maximum absolute atomic E-state index is 6.14. The Morgan fingerprint density at radius 3 is 2.70 bits per heavy atom. The SMILES string of the molecule is CC=Cc1ccc(OCC)c(OCCCC(C)Oc2cccc3ccc(N)nc23)c1. The quantitative estimate of drug-likeness (QED) is 0.426. The Bertz CT molecular complexity index is 1000. The van der Waals surface area contributed by atoms with Gasteiger partial charge in [0.2, 0.25) is 0 Å². The molecule has 1 aromatic heterocycles. The lowest BCUT2D eigenvalue weighted by molar-refractivity contribution is 0.193. The summed E-state index contributed by atoms with van der Waals surface area (Å²) in [5.74, 6) is 2.79. The zero-order valence-electron chi connectivity index (χ0n) is 17.9. The summed E-state index contributed by atoms with van der Waals surface area (Å²) in [5.41, 5.74) is 7.73. The fourth-order valence-electron chi connectivity index (χ4n) is 3.27. The van der Waals surface area contributed by atoms with Gasteiger partial charge in [0.05, 0.1) is 19.3 Å². The number of para-hydroxylation sites is 1. The molecule has 5 nitrogen and oxygen atoms in total. The molecule has 0 saturated carbocycles. The molecule has 0 fully saturated rings. The number of pyridine rings is 1. The summed E-state index contributed by atoms with van der Waals surface area (Å²) in [7, 11) is 0. The van der Waals surface area contributed by atoms with Crippen LogP contribution in [0.5, 0.6) is 17.2 Å². The van der Waals surface area contributed by atoms with E-state index < -0.39 is 0 Å². The summed E-state index contributed by atoms with van der Waals surface area (Å²) in [4.78, 5) is 4.42. The van der Waals surface area contributed by atoms with Crippen LogP contribution in [-0.4, -0.2) is 24.3 Å². The Balaban J connectivity index is 1.56. The summed E-state index contributed by atoms with van der Waals surface area (Å²) in [6, 6.07) is 15.7. The average Bonchev–Trinajstić information content (AvgIpc) is 2.73. The second kappa shape index (κ2) is 10.5.